The molecule has 0 unspecified atom stereocenters. The Morgan fingerprint density at radius 3 is 2.58 bits per heavy atom. The molecule has 104 valence electrons. The molecule has 0 radical (unpaired) electrons. The molecule has 0 fully saturated rings. The number of benzene rings is 1. The van der Waals surface area contributed by atoms with Gasteiger partial charge in [0.1, 0.15) is 0 Å². The van der Waals surface area contributed by atoms with Crippen LogP contribution >= 0.6 is 24.0 Å². The highest BCUT2D eigenvalue weighted by molar-refractivity contribution is 7.98. The number of hydrogen-bond acceptors (Lipinski definition) is 4. The quantitative estimate of drug-likeness (QED) is 0.655. The number of aryl methyl sites for hydroxylation is 1. The summed E-state index contributed by atoms with van der Waals surface area (Å²) in [6.07, 6.45) is 3.21. The maximum atomic E-state index is 5.38. The molecule has 2 rings (SSSR count). The molecular formula is C13H18N2O2S2. The van der Waals surface area contributed by atoms with Crippen molar-refractivity contribution in [1.29, 1.82) is 0 Å². The number of imidazole rings is 1. The average Bonchev–Trinajstić information content (AvgIpc) is 2.73. The van der Waals surface area contributed by atoms with Gasteiger partial charge in [-0.2, -0.15) is 11.8 Å². The van der Waals surface area contributed by atoms with Crippen LogP contribution in [0.25, 0.3) is 11.0 Å². The number of ether oxygens (including phenoxy) is 2. The van der Waals surface area contributed by atoms with Crippen LogP contribution in [0, 0.1) is 4.77 Å². The Kier molecular flexibility index (Phi) is 4.76. The van der Waals surface area contributed by atoms with E-state index in [0.717, 1.165) is 40.3 Å². The van der Waals surface area contributed by atoms with Crippen molar-refractivity contribution in [3.8, 4) is 11.5 Å². The largest absolute Gasteiger partial charge is 0.493 e. The van der Waals surface area contributed by atoms with Crippen LogP contribution in [0.5, 0.6) is 11.5 Å². The number of thioether (sulfide) groups is 1. The smallest absolute Gasteiger partial charge is 0.178 e. The van der Waals surface area contributed by atoms with Crippen molar-refractivity contribution in [3.63, 3.8) is 0 Å². The normalized spacial score (nSPS) is 10.9. The zero-order chi connectivity index (χ0) is 13.8. The first-order chi connectivity index (χ1) is 9.21. The summed E-state index contributed by atoms with van der Waals surface area (Å²) >= 11 is 7.23. The molecule has 1 aromatic carbocycles. The fourth-order valence-corrected chi connectivity index (χ4v) is 2.79. The maximum absolute atomic E-state index is 5.38. The van der Waals surface area contributed by atoms with Gasteiger partial charge in [0.25, 0.3) is 0 Å². The highest BCUT2D eigenvalue weighted by Crippen LogP contribution is 2.31. The van der Waals surface area contributed by atoms with Crippen LogP contribution in [0.1, 0.15) is 6.42 Å². The van der Waals surface area contributed by atoms with Gasteiger partial charge >= 0.3 is 0 Å². The predicted molar refractivity (Wildman–Crippen MR) is 83.2 cm³/mol. The van der Waals surface area contributed by atoms with Crippen LogP contribution in [0.15, 0.2) is 12.1 Å². The van der Waals surface area contributed by atoms with Gasteiger partial charge in [-0.05, 0) is 30.6 Å². The van der Waals surface area contributed by atoms with E-state index in [1.165, 1.54) is 0 Å². The molecule has 19 heavy (non-hydrogen) atoms. The van der Waals surface area contributed by atoms with E-state index in [1.807, 2.05) is 23.9 Å². The summed E-state index contributed by atoms with van der Waals surface area (Å²) in [5, 5.41) is 0. The molecule has 0 bridgehead atoms. The molecule has 2 aromatic rings. The second-order valence-electron chi connectivity index (χ2n) is 4.15. The third kappa shape index (κ3) is 2.90. The van der Waals surface area contributed by atoms with Gasteiger partial charge in [-0.3, -0.25) is 0 Å². The SMILES string of the molecule is COc1cc2[nH]c(=S)n(CCCSC)c2cc1OC. The molecule has 0 aliphatic heterocycles. The summed E-state index contributed by atoms with van der Waals surface area (Å²) in [6.45, 7) is 0.912. The second-order valence-corrected chi connectivity index (χ2v) is 5.52. The highest BCUT2D eigenvalue weighted by Gasteiger charge is 2.10. The molecule has 6 heteroatoms. The lowest BCUT2D eigenvalue weighted by Gasteiger charge is -2.09. The lowest BCUT2D eigenvalue weighted by atomic mass is 10.2. The van der Waals surface area contributed by atoms with E-state index in [2.05, 4.69) is 15.8 Å². The number of nitrogens with one attached hydrogen (secondary N) is 1. The van der Waals surface area contributed by atoms with Crippen molar-refractivity contribution in [2.45, 2.75) is 13.0 Å². The van der Waals surface area contributed by atoms with Crippen molar-refractivity contribution in [1.82, 2.24) is 9.55 Å². The minimum absolute atomic E-state index is 0.711. The van der Waals surface area contributed by atoms with Gasteiger partial charge in [0.05, 0.1) is 25.3 Å². The topological polar surface area (TPSA) is 39.2 Å². The van der Waals surface area contributed by atoms with E-state index < -0.39 is 0 Å². The Bertz CT molecular complexity index is 619. The zero-order valence-electron chi connectivity index (χ0n) is 11.4. The van der Waals surface area contributed by atoms with Crippen LogP contribution in [-0.4, -0.2) is 35.8 Å². The number of nitrogens with zero attached hydrogens (tertiary/aromatic N) is 1. The third-order valence-electron chi connectivity index (χ3n) is 3.01. The first-order valence-corrected chi connectivity index (χ1v) is 7.85. The lowest BCUT2D eigenvalue weighted by molar-refractivity contribution is 0.355. The molecule has 0 aliphatic carbocycles. The van der Waals surface area contributed by atoms with Crippen molar-refractivity contribution in [2.24, 2.45) is 0 Å². The third-order valence-corrected chi connectivity index (χ3v) is 4.03. The summed E-state index contributed by atoms with van der Waals surface area (Å²) in [4.78, 5) is 3.22. The number of aromatic nitrogens is 2. The Hall–Kier alpha value is -1.14. The summed E-state index contributed by atoms with van der Waals surface area (Å²) in [6, 6.07) is 3.90. The highest BCUT2D eigenvalue weighted by atomic mass is 32.2. The van der Waals surface area contributed by atoms with Crippen molar-refractivity contribution >= 4 is 35.0 Å². The molecule has 0 saturated heterocycles. The summed E-state index contributed by atoms with van der Waals surface area (Å²) in [5.74, 6) is 2.56. The molecule has 1 heterocycles. The van der Waals surface area contributed by atoms with Gasteiger partial charge in [0.2, 0.25) is 0 Å². The van der Waals surface area contributed by atoms with Crippen LogP contribution in [0.4, 0.5) is 0 Å². The van der Waals surface area contributed by atoms with Crippen LogP contribution in [0.3, 0.4) is 0 Å². The molecule has 0 aliphatic rings. The number of H-pyrrole nitrogens is 1. The zero-order valence-corrected chi connectivity index (χ0v) is 13.0. The van der Waals surface area contributed by atoms with E-state index in [1.54, 1.807) is 14.2 Å². The molecule has 1 aromatic heterocycles. The Morgan fingerprint density at radius 1 is 1.26 bits per heavy atom. The van der Waals surface area contributed by atoms with E-state index in [0.29, 0.717) is 5.75 Å². The number of hydrogen-bond donors (Lipinski definition) is 1. The van der Waals surface area contributed by atoms with Crippen molar-refractivity contribution in [2.75, 3.05) is 26.2 Å². The van der Waals surface area contributed by atoms with E-state index in [9.17, 15) is 0 Å². The number of aromatic amines is 1. The Labute approximate surface area is 122 Å². The number of fused-ring (bicyclic) bond motifs is 1. The lowest BCUT2D eigenvalue weighted by Crippen LogP contribution is -1.99. The molecule has 0 amide bonds. The van der Waals surface area contributed by atoms with E-state index in [-0.39, 0.29) is 0 Å². The molecule has 0 atom stereocenters. The number of rotatable bonds is 6. The van der Waals surface area contributed by atoms with Crippen molar-refractivity contribution < 1.29 is 9.47 Å². The Morgan fingerprint density at radius 2 is 1.95 bits per heavy atom. The standard InChI is InChI=1S/C13H18N2O2S2/c1-16-11-7-9-10(8-12(11)17-2)15(13(18)14-9)5-4-6-19-3/h7-8H,4-6H2,1-3H3,(H,14,18). The summed E-state index contributed by atoms with van der Waals surface area (Å²) in [5.41, 5.74) is 2.04. The van der Waals surface area contributed by atoms with E-state index in [4.69, 9.17) is 21.7 Å². The van der Waals surface area contributed by atoms with Gasteiger partial charge in [-0.25, -0.2) is 0 Å². The first-order valence-electron chi connectivity index (χ1n) is 6.04. The molecule has 4 nitrogen and oxygen atoms in total. The fourth-order valence-electron chi connectivity index (χ4n) is 2.07. The van der Waals surface area contributed by atoms with Gasteiger partial charge in [0.15, 0.2) is 16.3 Å². The number of methoxy groups -OCH3 is 2. The van der Waals surface area contributed by atoms with Gasteiger partial charge in [-0.1, -0.05) is 0 Å². The van der Waals surface area contributed by atoms with Crippen LogP contribution in [-0.2, 0) is 6.54 Å². The van der Waals surface area contributed by atoms with Crippen molar-refractivity contribution in [3.05, 3.63) is 16.9 Å². The second kappa shape index (κ2) is 6.34. The first kappa shape index (κ1) is 14.3. The maximum Gasteiger partial charge on any atom is 0.178 e. The molecule has 0 spiro atoms. The molecule has 0 saturated carbocycles. The van der Waals surface area contributed by atoms with Crippen LogP contribution in [0.2, 0.25) is 0 Å². The molecule has 1 N–H and O–H groups in total. The van der Waals surface area contributed by atoms with E-state index >= 15 is 0 Å². The monoisotopic (exact) mass is 298 g/mol. The summed E-state index contributed by atoms with van der Waals surface area (Å²) < 4.78 is 13.5. The van der Waals surface area contributed by atoms with Gasteiger partial charge in [0, 0.05) is 18.7 Å². The fraction of sp³-hybridized carbons (Fsp3) is 0.462. The van der Waals surface area contributed by atoms with Gasteiger partial charge in [-0.15, -0.1) is 0 Å². The molecular weight excluding hydrogens is 280 g/mol. The minimum Gasteiger partial charge on any atom is -0.493 e. The van der Waals surface area contributed by atoms with Gasteiger partial charge < -0.3 is 19.0 Å². The average molecular weight is 298 g/mol. The predicted octanol–water partition coefficient (Wildman–Crippen LogP) is 3.47. The summed E-state index contributed by atoms with van der Waals surface area (Å²) in [7, 11) is 3.27. The minimum atomic E-state index is 0.711. The Balaban J connectivity index is 2.46. The van der Waals surface area contributed by atoms with Crippen LogP contribution < -0.4 is 9.47 Å².